The molecule has 0 radical (unpaired) electrons. The maximum absolute atomic E-state index is 12.6. The molecule has 1 saturated heterocycles. The van der Waals surface area contributed by atoms with Gasteiger partial charge >= 0.3 is 0 Å². The number of anilines is 1. The van der Waals surface area contributed by atoms with Crippen LogP contribution in [0.25, 0.3) is 0 Å². The minimum Gasteiger partial charge on any atom is -0.398 e. The average Bonchev–Trinajstić information content (AvgIpc) is 2.39. The lowest BCUT2D eigenvalue weighted by molar-refractivity contribution is -0.137. The van der Waals surface area contributed by atoms with Crippen molar-refractivity contribution in [3.8, 4) is 0 Å². The molecular formula is C16H21NO2. The Labute approximate surface area is 114 Å². The second-order valence-corrected chi connectivity index (χ2v) is 6.01. The zero-order valence-electron chi connectivity index (χ0n) is 11.4. The fraction of sp³-hybridized carbons (Fsp3) is 0.562. The zero-order chi connectivity index (χ0) is 13.5. The van der Waals surface area contributed by atoms with Crippen LogP contribution in [0.15, 0.2) is 18.2 Å². The predicted octanol–water partition coefficient (Wildman–Crippen LogP) is 3.11. The molecule has 3 rings (SSSR count). The number of ketones is 1. The summed E-state index contributed by atoms with van der Waals surface area (Å²) in [6.07, 6.45) is 5.20. The maximum atomic E-state index is 12.6. The van der Waals surface area contributed by atoms with E-state index in [9.17, 15) is 4.79 Å². The topological polar surface area (TPSA) is 52.3 Å². The van der Waals surface area contributed by atoms with E-state index in [1.807, 2.05) is 25.1 Å². The van der Waals surface area contributed by atoms with Gasteiger partial charge in [0.15, 0.2) is 5.78 Å². The van der Waals surface area contributed by atoms with Crippen LogP contribution in [0.3, 0.4) is 0 Å². The molecule has 102 valence electrons. The molecule has 1 spiro atoms. The number of nitrogens with two attached hydrogens (primary N) is 1. The standard InChI is InChI=1S/C16H21NO2/c1-11-3-4-12(9-14(11)17)15(18)13-5-8-19-16(10-13)6-2-7-16/h3-4,9,13H,2,5-8,10,17H2,1H3. The van der Waals surface area contributed by atoms with Gasteiger partial charge in [0.1, 0.15) is 0 Å². The Morgan fingerprint density at radius 1 is 1.42 bits per heavy atom. The van der Waals surface area contributed by atoms with Crippen LogP contribution in [0.4, 0.5) is 5.69 Å². The first-order valence-corrected chi connectivity index (χ1v) is 7.14. The number of ether oxygens (including phenoxy) is 1. The van der Waals surface area contributed by atoms with Gasteiger partial charge in [0.25, 0.3) is 0 Å². The van der Waals surface area contributed by atoms with E-state index in [2.05, 4.69) is 0 Å². The summed E-state index contributed by atoms with van der Waals surface area (Å²) in [5, 5.41) is 0. The van der Waals surface area contributed by atoms with Crippen LogP contribution in [0, 0.1) is 12.8 Å². The molecule has 2 fully saturated rings. The van der Waals surface area contributed by atoms with Crippen molar-refractivity contribution in [3.05, 3.63) is 29.3 Å². The molecular weight excluding hydrogens is 238 g/mol. The number of Topliss-reactive ketones (excluding diaryl/α,β-unsaturated/α-hetero) is 1. The van der Waals surface area contributed by atoms with Gasteiger partial charge < -0.3 is 10.5 Å². The highest BCUT2D eigenvalue weighted by molar-refractivity contribution is 5.98. The van der Waals surface area contributed by atoms with Gasteiger partial charge in [-0.3, -0.25) is 4.79 Å². The summed E-state index contributed by atoms with van der Waals surface area (Å²) >= 11 is 0. The van der Waals surface area contributed by atoms with E-state index in [4.69, 9.17) is 10.5 Å². The van der Waals surface area contributed by atoms with Crippen LogP contribution in [0.5, 0.6) is 0 Å². The molecule has 1 aliphatic heterocycles. The molecule has 1 aromatic rings. The van der Waals surface area contributed by atoms with Gasteiger partial charge in [-0.1, -0.05) is 12.1 Å². The van der Waals surface area contributed by atoms with Crippen LogP contribution in [-0.2, 0) is 4.74 Å². The average molecular weight is 259 g/mol. The van der Waals surface area contributed by atoms with E-state index in [-0.39, 0.29) is 17.3 Å². The highest BCUT2D eigenvalue weighted by Gasteiger charge is 2.44. The summed E-state index contributed by atoms with van der Waals surface area (Å²) in [5.41, 5.74) is 8.41. The van der Waals surface area contributed by atoms with Crippen molar-refractivity contribution in [3.63, 3.8) is 0 Å². The Hall–Kier alpha value is -1.35. The molecule has 1 heterocycles. The van der Waals surface area contributed by atoms with E-state index in [1.165, 1.54) is 6.42 Å². The van der Waals surface area contributed by atoms with E-state index in [1.54, 1.807) is 0 Å². The third-order valence-corrected chi connectivity index (χ3v) is 4.69. The second kappa shape index (κ2) is 4.64. The second-order valence-electron chi connectivity index (χ2n) is 6.01. The fourth-order valence-corrected chi connectivity index (χ4v) is 3.20. The maximum Gasteiger partial charge on any atom is 0.166 e. The number of carbonyl (C=O) groups excluding carboxylic acids is 1. The quantitative estimate of drug-likeness (QED) is 0.656. The highest BCUT2D eigenvalue weighted by Crippen LogP contribution is 2.44. The lowest BCUT2D eigenvalue weighted by atomic mass is 9.70. The first-order valence-electron chi connectivity index (χ1n) is 7.14. The molecule has 1 aliphatic carbocycles. The van der Waals surface area contributed by atoms with Crippen LogP contribution >= 0.6 is 0 Å². The van der Waals surface area contributed by atoms with Crippen molar-refractivity contribution in [2.24, 2.45) is 5.92 Å². The van der Waals surface area contributed by atoms with Crippen molar-refractivity contribution in [2.75, 3.05) is 12.3 Å². The van der Waals surface area contributed by atoms with E-state index in [0.29, 0.717) is 5.69 Å². The Morgan fingerprint density at radius 3 is 2.84 bits per heavy atom. The monoisotopic (exact) mass is 259 g/mol. The number of benzene rings is 1. The number of hydrogen-bond donors (Lipinski definition) is 1. The lowest BCUT2D eigenvalue weighted by Crippen LogP contribution is -2.47. The van der Waals surface area contributed by atoms with Gasteiger partial charge in [0.2, 0.25) is 0 Å². The highest BCUT2D eigenvalue weighted by atomic mass is 16.5. The molecule has 3 heteroatoms. The summed E-state index contributed by atoms with van der Waals surface area (Å²) in [7, 11) is 0. The molecule has 1 saturated carbocycles. The molecule has 0 aromatic heterocycles. The first-order chi connectivity index (χ1) is 9.10. The van der Waals surface area contributed by atoms with Crippen molar-refractivity contribution >= 4 is 11.5 Å². The lowest BCUT2D eigenvalue weighted by Gasteiger charge is -2.46. The Balaban J connectivity index is 1.77. The SMILES string of the molecule is Cc1ccc(C(=O)C2CCOC3(CCC3)C2)cc1N. The molecule has 19 heavy (non-hydrogen) atoms. The predicted molar refractivity (Wildman–Crippen MR) is 75.2 cm³/mol. The van der Waals surface area contributed by atoms with Crippen molar-refractivity contribution < 1.29 is 9.53 Å². The van der Waals surface area contributed by atoms with E-state index >= 15 is 0 Å². The number of aryl methyl sites for hydroxylation is 1. The molecule has 0 bridgehead atoms. The molecule has 2 aliphatic rings. The third-order valence-electron chi connectivity index (χ3n) is 4.69. The van der Waals surface area contributed by atoms with Crippen LogP contribution in [0.1, 0.15) is 48.0 Å². The van der Waals surface area contributed by atoms with Crippen molar-refractivity contribution in [2.45, 2.75) is 44.6 Å². The smallest absolute Gasteiger partial charge is 0.166 e. The van der Waals surface area contributed by atoms with Crippen LogP contribution in [0.2, 0.25) is 0 Å². The van der Waals surface area contributed by atoms with Crippen molar-refractivity contribution in [1.29, 1.82) is 0 Å². The van der Waals surface area contributed by atoms with Crippen LogP contribution in [-0.4, -0.2) is 18.0 Å². The Kier molecular flexibility index (Phi) is 3.09. The minimum atomic E-state index is 0.0226. The van der Waals surface area contributed by atoms with Gasteiger partial charge in [0, 0.05) is 23.8 Å². The molecule has 1 unspecified atom stereocenters. The first kappa shape index (κ1) is 12.7. The zero-order valence-corrected chi connectivity index (χ0v) is 11.4. The summed E-state index contributed by atoms with van der Waals surface area (Å²) in [6, 6.07) is 5.65. The fourth-order valence-electron chi connectivity index (χ4n) is 3.20. The van der Waals surface area contributed by atoms with Crippen molar-refractivity contribution in [1.82, 2.24) is 0 Å². The van der Waals surface area contributed by atoms with Gasteiger partial charge in [-0.25, -0.2) is 0 Å². The number of nitrogen functional groups attached to an aromatic ring is 1. The molecule has 1 atom stereocenters. The van der Waals surface area contributed by atoms with Gasteiger partial charge in [-0.05, 0) is 50.7 Å². The van der Waals surface area contributed by atoms with E-state index < -0.39 is 0 Å². The minimum absolute atomic E-state index is 0.0226. The van der Waals surface area contributed by atoms with Gasteiger partial charge in [0.05, 0.1) is 5.60 Å². The number of rotatable bonds is 2. The van der Waals surface area contributed by atoms with E-state index in [0.717, 1.165) is 43.4 Å². The number of hydrogen-bond acceptors (Lipinski definition) is 3. The van der Waals surface area contributed by atoms with Crippen LogP contribution < -0.4 is 5.73 Å². The normalized spacial score (nSPS) is 25.0. The summed E-state index contributed by atoms with van der Waals surface area (Å²) in [6.45, 7) is 2.68. The Bertz CT molecular complexity index is 505. The number of carbonyl (C=O) groups is 1. The molecule has 0 amide bonds. The Morgan fingerprint density at radius 2 is 2.21 bits per heavy atom. The molecule has 1 aromatic carbocycles. The molecule has 3 nitrogen and oxygen atoms in total. The van der Waals surface area contributed by atoms with Gasteiger partial charge in [-0.15, -0.1) is 0 Å². The summed E-state index contributed by atoms with van der Waals surface area (Å²) in [5.74, 6) is 0.345. The third kappa shape index (κ3) is 2.27. The summed E-state index contributed by atoms with van der Waals surface area (Å²) < 4.78 is 5.88. The van der Waals surface area contributed by atoms with Gasteiger partial charge in [-0.2, -0.15) is 0 Å². The largest absolute Gasteiger partial charge is 0.398 e. The molecule has 2 N–H and O–H groups in total. The summed E-state index contributed by atoms with van der Waals surface area (Å²) in [4.78, 5) is 12.6.